The van der Waals surface area contributed by atoms with E-state index in [1.807, 2.05) is 0 Å². The quantitative estimate of drug-likeness (QED) is 0.0540. The molecule has 15 aromatic rings. The summed E-state index contributed by atoms with van der Waals surface area (Å²) in [6.45, 7) is 0. The molecule has 41 heteroatoms. The number of fused-ring (bicyclic) bond motifs is 12. The fraction of sp³-hybridized carbons (Fsp3) is 0. The lowest BCUT2D eigenvalue weighted by Gasteiger charge is -2.25. The number of benzene rings is 14. The van der Waals surface area contributed by atoms with Gasteiger partial charge in [0.05, 0.1) is 10.8 Å². The van der Waals surface area contributed by atoms with E-state index in [9.17, 15) is 133 Å². The van der Waals surface area contributed by atoms with Crippen molar-refractivity contribution in [3.8, 4) is 310 Å². The topological polar surface area (TPSA) is 668 Å². The molecule has 1 aromatic heterocycles. The number of phenols is 26. The van der Waals surface area contributed by atoms with Gasteiger partial charge in [-0.05, 0) is 0 Å². The van der Waals surface area contributed by atoms with E-state index in [0.717, 1.165) is 146 Å². The first kappa shape index (κ1) is 78.4. The Morgan fingerprint density at radius 2 is 0.384 bits per heavy atom. The van der Waals surface area contributed by atoms with Crippen molar-refractivity contribution in [3.05, 3.63) is 158 Å². The van der Waals surface area contributed by atoms with Gasteiger partial charge in [0.2, 0.25) is 103 Å². The van der Waals surface area contributed by atoms with E-state index in [1.165, 1.54) is 12.1 Å². The van der Waals surface area contributed by atoms with Gasteiger partial charge in [0.1, 0.15) is 103 Å². The first-order valence-corrected chi connectivity index (χ1v) is 35.2. The van der Waals surface area contributed by atoms with Crippen molar-refractivity contribution in [3.63, 3.8) is 0 Å². The zero-order valence-corrected chi connectivity index (χ0v) is 61.8. The number of hydrogen-bond acceptors (Lipinski definition) is 41. The first-order chi connectivity index (χ1) is 59.5. The van der Waals surface area contributed by atoms with Gasteiger partial charge >= 0.3 is 0 Å². The van der Waals surface area contributed by atoms with Crippen molar-refractivity contribution >= 4 is 21.9 Å². The maximum Gasteiger partial charge on any atom is 0.220 e. The highest BCUT2D eigenvalue weighted by atomic mass is 16.6. The lowest BCUT2D eigenvalue weighted by atomic mass is 10.1. The fourth-order valence-corrected chi connectivity index (χ4v) is 12.9. The van der Waals surface area contributed by atoms with Crippen LogP contribution < -0.4 is 66.3 Å². The minimum atomic E-state index is -0.722. The largest absolute Gasteiger partial charge is 0.508 e. The molecule has 0 bridgehead atoms. The number of ether oxygens (including phenoxy) is 14. The average Bonchev–Trinajstić information content (AvgIpc) is 1.59. The minimum absolute atomic E-state index is 0.00686. The monoisotopic (exact) mass is 1720 g/mol. The molecule has 26 N–H and O–H groups in total. The van der Waals surface area contributed by atoms with Crippen molar-refractivity contribution in [2.75, 3.05) is 0 Å². The molecular weight excluding hydrogens is 1660 g/mol. The summed E-state index contributed by atoms with van der Waals surface area (Å²) in [6, 6.07) is 27.3. The molecule has 0 saturated heterocycles. The molecular formula is C84H52O41. The Morgan fingerprint density at radius 3 is 0.752 bits per heavy atom. The van der Waals surface area contributed by atoms with Crippen LogP contribution in [-0.4, -0.2) is 133 Å². The third-order valence-electron chi connectivity index (χ3n) is 18.0. The van der Waals surface area contributed by atoms with Crippen LogP contribution in [0.15, 0.2) is 162 Å². The van der Waals surface area contributed by atoms with Crippen LogP contribution in [0.4, 0.5) is 0 Å². The van der Waals surface area contributed by atoms with Crippen molar-refractivity contribution in [2.24, 2.45) is 0 Å². The van der Waals surface area contributed by atoms with E-state index in [1.54, 1.807) is 0 Å². The molecule has 4 aliphatic heterocycles. The summed E-state index contributed by atoms with van der Waals surface area (Å²) in [7, 11) is 0. The van der Waals surface area contributed by atoms with Gasteiger partial charge < -0.3 is 204 Å². The second-order valence-electron chi connectivity index (χ2n) is 26.9. The number of rotatable bonds is 12. The second kappa shape index (κ2) is 29.5. The average molecular weight is 1720 g/mol. The predicted molar refractivity (Wildman–Crippen MR) is 415 cm³/mol. The molecule has 14 aromatic carbocycles. The number of aromatic hydroxyl groups is 26. The third-order valence-corrected chi connectivity index (χ3v) is 18.0. The van der Waals surface area contributed by atoms with Crippen LogP contribution in [0.25, 0.3) is 21.9 Å². The molecule has 19 rings (SSSR count). The lowest BCUT2D eigenvalue weighted by Crippen LogP contribution is -2.02. The molecule has 0 amide bonds. The molecule has 0 spiro atoms. The Labute approximate surface area is 691 Å². The summed E-state index contributed by atoms with van der Waals surface area (Å²) >= 11 is 0. The normalized spacial score (nSPS) is 11.9. The van der Waals surface area contributed by atoms with Gasteiger partial charge in [-0.1, -0.05) is 0 Å². The molecule has 0 atom stereocenters. The highest BCUT2D eigenvalue weighted by Crippen LogP contribution is 2.67. The standard InChI is InChI=1S/C36H22O18.C30H18O14.C18H12O9/c37-12-1-13(38)3-15(2-12)49-31-22(44)10-25(47)34-35(31)54-30-21(43)8-17(9-27(30)52-34)48-28-19(41)6-16(7-20(28)42)50-32-23(45)11-24(46)33-36(32)53-29-18(40)4-14(39)5-26(29)51-33;31-10-1-11(32)4-14(3-10)40-24-17(36)7-16(35)22-23-21(42-28(22)24)9-20(39)25-29(23)43-27-19(38)8-18(37)26(30(27)44-25)41-15-5-12(33)2-13(34)6-15;19-7-1-8(20)3-10(2-7)25-16-12(23)6-13(24)17-18(16)27-15-11(22)4-9(21)5-14(15)26-17/h1-11,37-47H;1-9,31-39H;1-6,19-24H. The van der Waals surface area contributed by atoms with E-state index in [0.29, 0.717) is 0 Å². The Hall–Kier alpha value is -19.1. The zero-order valence-electron chi connectivity index (χ0n) is 61.8. The molecule has 0 aliphatic carbocycles. The maximum atomic E-state index is 10.9. The van der Waals surface area contributed by atoms with E-state index in [4.69, 9.17) is 70.7 Å². The van der Waals surface area contributed by atoms with Crippen LogP contribution in [-0.2, 0) is 0 Å². The van der Waals surface area contributed by atoms with Crippen molar-refractivity contribution < 1.29 is 204 Å². The van der Waals surface area contributed by atoms with E-state index < -0.39 is 132 Å². The number of hydrogen-bond donors (Lipinski definition) is 26. The maximum absolute atomic E-state index is 10.9. The van der Waals surface area contributed by atoms with Crippen LogP contribution in [0.2, 0.25) is 0 Å². The fourth-order valence-electron chi connectivity index (χ4n) is 12.9. The molecule has 4 aliphatic rings. The predicted octanol–water partition coefficient (Wildman–Crippen LogP) is 17.7. The van der Waals surface area contributed by atoms with Crippen molar-refractivity contribution in [1.82, 2.24) is 0 Å². The van der Waals surface area contributed by atoms with Gasteiger partial charge in [0.15, 0.2) is 115 Å². The smallest absolute Gasteiger partial charge is 0.220 e. The third kappa shape index (κ3) is 14.5. The summed E-state index contributed by atoms with van der Waals surface area (Å²) in [5.74, 6) is -20.9. The number of phenolic OH excluding ortho intramolecular Hbond substituents is 26. The van der Waals surface area contributed by atoms with Crippen LogP contribution in [0.5, 0.6) is 310 Å². The Morgan fingerprint density at radius 1 is 0.152 bits per heavy atom. The molecule has 41 nitrogen and oxygen atoms in total. The molecule has 634 valence electrons. The van der Waals surface area contributed by atoms with Crippen LogP contribution in [0.1, 0.15) is 0 Å². The summed E-state index contributed by atoms with van der Waals surface area (Å²) in [5, 5.41) is 266. The minimum Gasteiger partial charge on any atom is -0.508 e. The Bertz CT molecular complexity index is 6990. The second-order valence-corrected chi connectivity index (χ2v) is 26.9. The number of furan rings is 1. The van der Waals surface area contributed by atoms with Gasteiger partial charge in [0, 0.05) is 158 Å². The van der Waals surface area contributed by atoms with Crippen LogP contribution >= 0.6 is 0 Å². The lowest BCUT2D eigenvalue weighted by molar-refractivity contribution is 0.297. The molecule has 0 saturated carbocycles. The van der Waals surface area contributed by atoms with Gasteiger partial charge in [-0.25, -0.2) is 0 Å². The molecule has 5 heterocycles. The van der Waals surface area contributed by atoms with E-state index >= 15 is 0 Å². The van der Waals surface area contributed by atoms with Gasteiger partial charge in [-0.15, -0.1) is 0 Å². The van der Waals surface area contributed by atoms with Gasteiger partial charge in [-0.2, -0.15) is 0 Å². The van der Waals surface area contributed by atoms with Gasteiger partial charge in [0.25, 0.3) is 0 Å². The van der Waals surface area contributed by atoms with Crippen molar-refractivity contribution in [1.29, 1.82) is 0 Å². The molecule has 0 fully saturated rings. The van der Waals surface area contributed by atoms with E-state index in [-0.39, 0.29) is 200 Å². The Kier molecular flexibility index (Phi) is 18.5. The highest BCUT2D eigenvalue weighted by molar-refractivity contribution is 6.15. The molecule has 125 heavy (non-hydrogen) atoms. The highest BCUT2D eigenvalue weighted by Gasteiger charge is 2.39. The summed E-state index contributed by atoms with van der Waals surface area (Å²) < 4.78 is 85.1. The van der Waals surface area contributed by atoms with Crippen LogP contribution in [0, 0.1) is 0 Å². The van der Waals surface area contributed by atoms with Gasteiger partial charge in [-0.3, -0.25) is 0 Å². The summed E-state index contributed by atoms with van der Waals surface area (Å²) in [4.78, 5) is 0. The summed E-state index contributed by atoms with van der Waals surface area (Å²) in [6.07, 6.45) is 0. The molecule has 0 unspecified atom stereocenters. The molecule has 0 radical (unpaired) electrons. The van der Waals surface area contributed by atoms with E-state index in [2.05, 4.69) is 0 Å². The summed E-state index contributed by atoms with van der Waals surface area (Å²) in [5.41, 5.74) is -0.317. The van der Waals surface area contributed by atoms with Crippen molar-refractivity contribution in [2.45, 2.75) is 0 Å². The first-order valence-electron chi connectivity index (χ1n) is 35.2. The van der Waals surface area contributed by atoms with Crippen LogP contribution in [0.3, 0.4) is 0 Å². The zero-order chi connectivity index (χ0) is 88.5. The Balaban J connectivity index is 0.000000140. The SMILES string of the molecule is Oc1cc(O)cc(Oc2c(O)cc(O)c3c2Oc2c(O)cc(O)cc2O3)c1.Oc1cc(O)cc(Oc2c(O)cc(O)c3c2Oc2c(O)cc(Oc4c(O)cc(Oc5c(O)cc(O)c6c5Oc5c(O)cc(O)cc5O6)cc4O)cc2O3)c1.Oc1cc(O)cc(Oc2c(O)cc(O)c3c2Oc2c(O)cc4oc5c(Oc6cc(O)cc(O)c6)c(O)cc(O)c5c4c2O3)c1.